The molecule has 7 heteroatoms. The van der Waals surface area contributed by atoms with Gasteiger partial charge in [-0.15, -0.1) is 0 Å². The summed E-state index contributed by atoms with van der Waals surface area (Å²) >= 11 is 0. The lowest BCUT2D eigenvalue weighted by molar-refractivity contribution is -0.118. The van der Waals surface area contributed by atoms with Crippen molar-refractivity contribution in [1.29, 1.82) is 0 Å². The molecule has 0 aliphatic carbocycles. The minimum atomic E-state index is -1.03. The van der Waals surface area contributed by atoms with Gasteiger partial charge in [-0.1, -0.05) is 0 Å². The smallest absolute Gasteiger partial charge is 0.338 e. The van der Waals surface area contributed by atoms with Gasteiger partial charge < -0.3 is 24.9 Å². The highest BCUT2D eigenvalue weighted by molar-refractivity contribution is 5.96. The molecule has 7 nitrogen and oxygen atoms in total. The van der Waals surface area contributed by atoms with Crippen molar-refractivity contribution in [1.82, 2.24) is 0 Å². The van der Waals surface area contributed by atoms with E-state index >= 15 is 0 Å². The number of nitrogens with one attached hydrogen (secondary N) is 2. The first kappa shape index (κ1) is 13.0. The lowest BCUT2D eigenvalue weighted by Gasteiger charge is -2.18. The van der Waals surface area contributed by atoms with E-state index < -0.39 is 5.97 Å². The fourth-order valence-corrected chi connectivity index (χ4v) is 1.97. The number of aromatic carboxylic acids is 1. The Morgan fingerprint density at radius 2 is 2.24 bits per heavy atom. The van der Waals surface area contributed by atoms with Crippen LogP contribution < -0.4 is 15.4 Å². The van der Waals surface area contributed by atoms with Crippen molar-refractivity contribution in [3.8, 4) is 5.75 Å². The van der Waals surface area contributed by atoms with Crippen molar-refractivity contribution in [3.05, 3.63) is 41.9 Å². The number of carbonyl (C=O) groups is 2. The predicted octanol–water partition coefficient (Wildman–Crippen LogP) is 1.92. The van der Waals surface area contributed by atoms with Gasteiger partial charge in [0.2, 0.25) is 0 Å². The molecular weight excluding hydrogens is 276 g/mol. The van der Waals surface area contributed by atoms with Gasteiger partial charge in [-0.25, -0.2) is 4.79 Å². The minimum absolute atomic E-state index is 0.0180. The van der Waals surface area contributed by atoms with Crippen LogP contribution in [0.25, 0.3) is 0 Å². The van der Waals surface area contributed by atoms with Crippen molar-refractivity contribution in [2.75, 3.05) is 17.2 Å². The molecule has 1 aliphatic rings. The normalized spacial score (nSPS) is 13.0. The van der Waals surface area contributed by atoms with Gasteiger partial charge in [0.15, 0.2) is 6.61 Å². The summed E-state index contributed by atoms with van der Waals surface area (Å²) in [6.45, 7) is 0.352. The van der Waals surface area contributed by atoms with E-state index in [2.05, 4.69) is 10.6 Å². The Balaban J connectivity index is 1.69. The van der Waals surface area contributed by atoms with Crippen molar-refractivity contribution >= 4 is 23.3 Å². The molecule has 3 N–H and O–H groups in total. The number of carbonyl (C=O) groups excluding carboxylic acids is 1. The maximum Gasteiger partial charge on any atom is 0.338 e. The van der Waals surface area contributed by atoms with Gasteiger partial charge in [0.25, 0.3) is 5.91 Å². The second kappa shape index (κ2) is 5.20. The third-order valence-electron chi connectivity index (χ3n) is 2.98. The average molecular weight is 288 g/mol. The number of ether oxygens (including phenoxy) is 1. The second-order valence-electron chi connectivity index (χ2n) is 4.51. The standard InChI is InChI=1S/C14H12N2O5/c17-13-7-21-12-2-1-9(4-11(12)16-13)15-5-10-3-8(6-20-10)14(18)19/h1-4,6,15H,5,7H2,(H,16,17)(H,18,19). The predicted molar refractivity (Wildman–Crippen MR) is 73.6 cm³/mol. The maximum absolute atomic E-state index is 11.3. The van der Waals surface area contributed by atoms with E-state index in [1.54, 1.807) is 18.2 Å². The maximum atomic E-state index is 11.3. The molecule has 1 aromatic carbocycles. The SMILES string of the molecule is O=C1COc2ccc(NCc3cc(C(=O)O)co3)cc2N1. The van der Waals surface area contributed by atoms with Gasteiger partial charge in [-0.05, 0) is 24.3 Å². The Kier molecular flexibility index (Phi) is 3.23. The number of rotatable bonds is 4. The second-order valence-corrected chi connectivity index (χ2v) is 4.51. The third-order valence-corrected chi connectivity index (χ3v) is 2.98. The van der Waals surface area contributed by atoms with Gasteiger partial charge in [0.05, 0.1) is 17.8 Å². The number of anilines is 2. The van der Waals surface area contributed by atoms with Crippen LogP contribution in [0.3, 0.4) is 0 Å². The molecule has 0 atom stereocenters. The van der Waals surface area contributed by atoms with Crippen molar-refractivity contribution in [2.45, 2.75) is 6.54 Å². The van der Waals surface area contributed by atoms with Crippen molar-refractivity contribution in [2.24, 2.45) is 0 Å². The van der Waals surface area contributed by atoms with E-state index in [-0.39, 0.29) is 18.1 Å². The largest absolute Gasteiger partial charge is 0.482 e. The number of benzene rings is 1. The zero-order valence-electron chi connectivity index (χ0n) is 10.9. The molecule has 0 spiro atoms. The first-order valence-electron chi connectivity index (χ1n) is 6.23. The molecule has 0 unspecified atom stereocenters. The molecule has 2 heterocycles. The first-order valence-corrected chi connectivity index (χ1v) is 6.23. The molecule has 0 bridgehead atoms. The van der Waals surface area contributed by atoms with Crippen LogP contribution >= 0.6 is 0 Å². The van der Waals surface area contributed by atoms with Crippen LogP contribution in [0.15, 0.2) is 34.9 Å². The number of hydrogen-bond acceptors (Lipinski definition) is 5. The third kappa shape index (κ3) is 2.81. The Morgan fingerprint density at radius 3 is 3.00 bits per heavy atom. The highest BCUT2D eigenvalue weighted by Gasteiger charge is 2.16. The van der Waals surface area contributed by atoms with Crippen LogP contribution in [-0.4, -0.2) is 23.6 Å². The number of carboxylic acid groups (broad SMARTS) is 1. The lowest BCUT2D eigenvalue weighted by atomic mass is 10.2. The molecular formula is C14H12N2O5. The van der Waals surface area contributed by atoms with E-state index in [4.69, 9.17) is 14.3 Å². The number of hydrogen-bond donors (Lipinski definition) is 3. The summed E-state index contributed by atoms with van der Waals surface area (Å²) in [6.07, 6.45) is 1.19. The van der Waals surface area contributed by atoms with E-state index in [9.17, 15) is 9.59 Å². The summed E-state index contributed by atoms with van der Waals surface area (Å²) in [6, 6.07) is 6.76. The summed E-state index contributed by atoms with van der Waals surface area (Å²) in [5.41, 5.74) is 1.47. The fourth-order valence-electron chi connectivity index (χ4n) is 1.97. The van der Waals surface area contributed by atoms with Gasteiger partial charge >= 0.3 is 5.97 Å². The Hall–Kier alpha value is -2.96. The highest BCUT2D eigenvalue weighted by atomic mass is 16.5. The summed E-state index contributed by atoms with van der Waals surface area (Å²) in [4.78, 5) is 22.0. The summed E-state index contributed by atoms with van der Waals surface area (Å²) in [7, 11) is 0. The quantitative estimate of drug-likeness (QED) is 0.794. The van der Waals surface area contributed by atoms with Gasteiger partial charge in [0, 0.05) is 5.69 Å². The van der Waals surface area contributed by atoms with Gasteiger partial charge in [-0.3, -0.25) is 4.79 Å². The van der Waals surface area contributed by atoms with E-state index in [1.807, 2.05) is 0 Å². The topological polar surface area (TPSA) is 101 Å². The molecule has 1 aliphatic heterocycles. The average Bonchev–Trinajstić information content (AvgIpc) is 2.93. The molecule has 1 aromatic heterocycles. The molecule has 21 heavy (non-hydrogen) atoms. The fraction of sp³-hybridized carbons (Fsp3) is 0.143. The first-order chi connectivity index (χ1) is 10.1. The minimum Gasteiger partial charge on any atom is -0.482 e. The summed E-state index contributed by atoms with van der Waals surface area (Å²) in [5, 5.41) is 14.6. The Morgan fingerprint density at radius 1 is 1.38 bits per heavy atom. The monoisotopic (exact) mass is 288 g/mol. The molecule has 108 valence electrons. The molecule has 2 aromatic rings. The molecule has 0 radical (unpaired) electrons. The zero-order chi connectivity index (χ0) is 14.8. The van der Waals surface area contributed by atoms with Crippen LogP contribution in [0.1, 0.15) is 16.1 Å². The van der Waals surface area contributed by atoms with Crippen LogP contribution in [0, 0.1) is 0 Å². The lowest BCUT2D eigenvalue weighted by Crippen LogP contribution is -2.25. The molecule has 3 rings (SSSR count). The van der Waals surface area contributed by atoms with Gasteiger partial charge in [-0.2, -0.15) is 0 Å². The Bertz CT molecular complexity index is 707. The highest BCUT2D eigenvalue weighted by Crippen LogP contribution is 2.30. The van der Waals surface area contributed by atoms with Crippen molar-refractivity contribution < 1.29 is 23.8 Å². The molecule has 0 saturated carbocycles. The van der Waals surface area contributed by atoms with Gasteiger partial charge in [0.1, 0.15) is 17.8 Å². The molecule has 0 saturated heterocycles. The number of amides is 1. The zero-order valence-corrected chi connectivity index (χ0v) is 10.9. The number of carboxylic acids is 1. The van der Waals surface area contributed by atoms with E-state index in [0.717, 1.165) is 5.69 Å². The number of furan rings is 1. The van der Waals surface area contributed by atoms with E-state index in [0.29, 0.717) is 23.7 Å². The van der Waals surface area contributed by atoms with Crippen LogP contribution in [0.2, 0.25) is 0 Å². The molecule has 1 amide bonds. The van der Waals surface area contributed by atoms with Crippen LogP contribution in [0.5, 0.6) is 5.75 Å². The summed E-state index contributed by atoms with van der Waals surface area (Å²) < 4.78 is 10.4. The number of fused-ring (bicyclic) bond motifs is 1. The van der Waals surface area contributed by atoms with Crippen LogP contribution in [0.4, 0.5) is 11.4 Å². The Labute approximate surface area is 119 Å². The van der Waals surface area contributed by atoms with Crippen molar-refractivity contribution in [3.63, 3.8) is 0 Å². The van der Waals surface area contributed by atoms with E-state index in [1.165, 1.54) is 12.3 Å². The summed E-state index contributed by atoms with van der Waals surface area (Å²) in [5.74, 6) is -0.104. The molecule has 0 fully saturated rings. The van der Waals surface area contributed by atoms with Crippen LogP contribution in [-0.2, 0) is 11.3 Å².